The Morgan fingerprint density at radius 1 is 1.12 bits per heavy atom. The van der Waals surface area contributed by atoms with E-state index in [-0.39, 0.29) is 48.7 Å². The number of ether oxygens (including phenoxy) is 1. The number of sulfonamides is 1. The van der Waals surface area contributed by atoms with Crippen LogP contribution in [0.3, 0.4) is 0 Å². The fourth-order valence-corrected chi connectivity index (χ4v) is 5.73. The zero-order chi connectivity index (χ0) is 24.3. The molecule has 3 N–H and O–H groups in total. The highest BCUT2D eigenvalue weighted by molar-refractivity contribution is 7.89. The predicted octanol–water partition coefficient (Wildman–Crippen LogP) is 1.55. The van der Waals surface area contributed by atoms with E-state index in [4.69, 9.17) is 10.5 Å². The molecule has 2 aromatic rings. The summed E-state index contributed by atoms with van der Waals surface area (Å²) in [6, 6.07) is 9.88. The van der Waals surface area contributed by atoms with Crippen LogP contribution in [0.15, 0.2) is 47.4 Å². The normalized spacial score (nSPS) is 19.7. The molecule has 2 aliphatic rings. The summed E-state index contributed by atoms with van der Waals surface area (Å²) in [6.45, 7) is 2.19. The summed E-state index contributed by atoms with van der Waals surface area (Å²) < 4.78 is 46.7. The van der Waals surface area contributed by atoms with Gasteiger partial charge >= 0.3 is 0 Å². The molecule has 0 bridgehead atoms. The van der Waals surface area contributed by atoms with Gasteiger partial charge in [-0.3, -0.25) is 14.5 Å². The van der Waals surface area contributed by atoms with Crippen LogP contribution < -0.4 is 11.1 Å². The van der Waals surface area contributed by atoms with Crippen molar-refractivity contribution in [3.05, 3.63) is 59.4 Å². The molecule has 11 heteroatoms. The summed E-state index contributed by atoms with van der Waals surface area (Å²) in [4.78, 5) is 26.3. The number of morpholine rings is 1. The molecule has 2 heterocycles. The summed E-state index contributed by atoms with van der Waals surface area (Å²) >= 11 is 0. The smallest absolute Gasteiger partial charge is 0.258 e. The number of carbonyl (C=O) groups is 2. The van der Waals surface area contributed by atoms with Crippen molar-refractivity contribution in [3.8, 4) is 0 Å². The van der Waals surface area contributed by atoms with Gasteiger partial charge in [-0.2, -0.15) is 4.31 Å². The summed E-state index contributed by atoms with van der Waals surface area (Å²) in [7, 11) is -3.88. The fourth-order valence-electron chi connectivity index (χ4n) is 4.29. The third-order valence-corrected chi connectivity index (χ3v) is 7.95. The number of hydrogen-bond acceptors (Lipinski definition) is 6. The quantitative estimate of drug-likeness (QED) is 0.607. The highest BCUT2D eigenvalue weighted by atomic mass is 32.2. The van der Waals surface area contributed by atoms with E-state index in [9.17, 15) is 22.4 Å². The molecule has 2 aliphatic heterocycles. The van der Waals surface area contributed by atoms with Gasteiger partial charge in [0.25, 0.3) is 5.91 Å². The number of amides is 2. The summed E-state index contributed by atoms with van der Waals surface area (Å²) in [5.74, 6) is -1.94. The first-order valence-corrected chi connectivity index (χ1v) is 12.5. The average Bonchev–Trinajstić information content (AvgIpc) is 3.28. The SMILES string of the molecule is NC(=O)C1CCCN1Cc1cccc(NC(=O)c2cc(S(=O)(=O)N3CCOCC3)ccc2F)c1. The van der Waals surface area contributed by atoms with Gasteiger partial charge < -0.3 is 15.8 Å². The number of halogens is 1. The van der Waals surface area contributed by atoms with Gasteiger partial charge in [-0.1, -0.05) is 12.1 Å². The number of hydrogen-bond donors (Lipinski definition) is 2. The number of primary amides is 1. The molecule has 0 aliphatic carbocycles. The first-order chi connectivity index (χ1) is 16.3. The van der Waals surface area contributed by atoms with Gasteiger partial charge in [0, 0.05) is 25.3 Å². The molecule has 0 radical (unpaired) electrons. The van der Waals surface area contributed by atoms with Crippen LogP contribution >= 0.6 is 0 Å². The minimum Gasteiger partial charge on any atom is -0.379 e. The van der Waals surface area contributed by atoms with Crippen LogP contribution in [0.4, 0.5) is 10.1 Å². The highest BCUT2D eigenvalue weighted by Gasteiger charge is 2.29. The van der Waals surface area contributed by atoms with Crippen LogP contribution in [0, 0.1) is 5.82 Å². The first kappa shape index (κ1) is 24.3. The molecule has 2 aromatic carbocycles. The molecular formula is C23H27FN4O5S. The molecule has 2 fully saturated rings. The summed E-state index contributed by atoms with van der Waals surface area (Å²) in [5.41, 5.74) is 6.40. The van der Waals surface area contributed by atoms with Gasteiger partial charge in [-0.25, -0.2) is 12.8 Å². The van der Waals surface area contributed by atoms with E-state index in [1.807, 2.05) is 11.0 Å². The largest absolute Gasteiger partial charge is 0.379 e. The molecular weight excluding hydrogens is 463 g/mol. The monoisotopic (exact) mass is 490 g/mol. The van der Waals surface area contributed by atoms with Crippen LogP contribution in [-0.2, 0) is 26.1 Å². The second-order valence-electron chi connectivity index (χ2n) is 8.34. The maximum Gasteiger partial charge on any atom is 0.258 e. The second-order valence-corrected chi connectivity index (χ2v) is 10.3. The van der Waals surface area contributed by atoms with E-state index in [1.54, 1.807) is 18.2 Å². The molecule has 1 atom stereocenters. The average molecular weight is 491 g/mol. The molecule has 0 spiro atoms. The van der Waals surface area contributed by atoms with Crippen LogP contribution in [0.5, 0.6) is 0 Å². The van der Waals surface area contributed by atoms with Crippen LogP contribution in [0.2, 0.25) is 0 Å². The Labute approximate surface area is 197 Å². The minimum absolute atomic E-state index is 0.152. The molecule has 0 aromatic heterocycles. The molecule has 2 amide bonds. The summed E-state index contributed by atoms with van der Waals surface area (Å²) in [5, 5.41) is 2.64. The van der Waals surface area contributed by atoms with E-state index in [0.717, 1.165) is 43.1 Å². The molecule has 0 saturated carbocycles. The van der Waals surface area contributed by atoms with Crippen molar-refractivity contribution in [2.24, 2.45) is 5.73 Å². The number of likely N-dealkylation sites (tertiary alicyclic amines) is 1. The molecule has 1 unspecified atom stereocenters. The van der Waals surface area contributed by atoms with Gasteiger partial charge in [-0.05, 0) is 55.3 Å². The lowest BCUT2D eigenvalue weighted by Crippen LogP contribution is -2.40. The van der Waals surface area contributed by atoms with Crippen molar-refractivity contribution in [1.29, 1.82) is 0 Å². The third kappa shape index (κ3) is 5.27. The Balaban J connectivity index is 1.50. The Hall–Kier alpha value is -2.86. The zero-order valence-corrected chi connectivity index (χ0v) is 19.4. The van der Waals surface area contributed by atoms with E-state index in [2.05, 4.69) is 5.32 Å². The highest BCUT2D eigenvalue weighted by Crippen LogP contribution is 2.23. The lowest BCUT2D eigenvalue weighted by Gasteiger charge is -2.26. The van der Waals surface area contributed by atoms with Gasteiger partial charge in [0.1, 0.15) is 5.82 Å². The molecule has 2 saturated heterocycles. The van der Waals surface area contributed by atoms with Crippen LogP contribution in [-0.4, -0.2) is 68.3 Å². The first-order valence-electron chi connectivity index (χ1n) is 11.1. The van der Waals surface area contributed by atoms with E-state index in [0.29, 0.717) is 12.2 Å². The molecule has 34 heavy (non-hydrogen) atoms. The number of rotatable bonds is 7. The van der Waals surface area contributed by atoms with Crippen molar-refractivity contribution in [2.75, 3.05) is 38.2 Å². The molecule has 9 nitrogen and oxygen atoms in total. The van der Waals surface area contributed by atoms with Crippen LogP contribution in [0.1, 0.15) is 28.8 Å². The lowest BCUT2D eigenvalue weighted by molar-refractivity contribution is -0.122. The number of nitrogens with one attached hydrogen (secondary N) is 1. The third-order valence-electron chi connectivity index (χ3n) is 6.05. The Kier molecular flexibility index (Phi) is 7.27. The molecule has 182 valence electrons. The minimum atomic E-state index is -3.88. The second kappa shape index (κ2) is 10.2. The Bertz CT molecular complexity index is 1180. The van der Waals surface area contributed by atoms with Crippen molar-refractivity contribution in [1.82, 2.24) is 9.21 Å². The summed E-state index contributed by atoms with van der Waals surface area (Å²) in [6.07, 6.45) is 1.60. The van der Waals surface area contributed by atoms with Crippen molar-refractivity contribution < 1.29 is 27.1 Å². The maximum absolute atomic E-state index is 14.5. The van der Waals surface area contributed by atoms with Crippen molar-refractivity contribution in [2.45, 2.75) is 30.3 Å². The Morgan fingerprint density at radius 3 is 2.62 bits per heavy atom. The predicted molar refractivity (Wildman–Crippen MR) is 123 cm³/mol. The van der Waals surface area contributed by atoms with Gasteiger partial charge in [0.15, 0.2) is 0 Å². The maximum atomic E-state index is 14.5. The van der Waals surface area contributed by atoms with Gasteiger partial charge in [0.2, 0.25) is 15.9 Å². The zero-order valence-electron chi connectivity index (χ0n) is 18.6. The van der Waals surface area contributed by atoms with E-state index < -0.39 is 21.7 Å². The number of anilines is 1. The standard InChI is InChI=1S/C23H27FN4O5S/c24-20-7-6-18(34(31,32)28-9-11-33-12-10-28)14-19(20)23(30)26-17-4-1-3-16(13-17)15-27-8-2-5-21(27)22(25)29/h1,3-4,6-7,13-14,21H,2,5,8-12,15H2,(H2,25,29)(H,26,30). The molecule has 4 rings (SSSR count). The fraction of sp³-hybridized carbons (Fsp3) is 0.391. The number of nitrogens with two attached hydrogens (primary N) is 1. The van der Waals surface area contributed by atoms with E-state index >= 15 is 0 Å². The topological polar surface area (TPSA) is 122 Å². The Morgan fingerprint density at radius 2 is 1.88 bits per heavy atom. The van der Waals surface area contributed by atoms with Crippen LogP contribution in [0.25, 0.3) is 0 Å². The van der Waals surface area contributed by atoms with Gasteiger partial charge in [0.05, 0.1) is 29.7 Å². The number of carbonyl (C=O) groups excluding carboxylic acids is 2. The van der Waals surface area contributed by atoms with Crippen molar-refractivity contribution in [3.63, 3.8) is 0 Å². The van der Waals surface area contributed by atoms with Crippen molar-refractivity contribution >= 4 is 27.5 Å². The van der Waals surface area contributed by atoms with Gasteiger partial charge in [-0.15, -0.1) is 0 Å². The number of nitrogens with zero attached hydrogens (tertiary/aromatic N) is 2. The lowest BCUT2D eigenvalue weighted by atomic mass is 10.1. The van der Waals surface area contributed by atoms with E-state index in [1.165, 1.54) is 4.31 Å². The number of benzene rings is 2.